The molecule has 0 atom stereocenters. The Hall–Kier alpha value is -3.02. The van der Waals surface area contributed by atoms with Crippen molar-refractivity contribution in [3.05, 3.63) is 53.6 Å². The average molecular weight is 450 g/mol. The first-order valence-corrected chi connectivity index (χ1v) is 12.1. The van der Waals surface area contributed by atoms with Gasteiger partial charge < -0.3 is 15.0 Å². The fourth-order valence-corrected chi connectivity index (χ4v) is 4.79. The number of carbonyl (C=O) groups excluding carboxylic acids is 2. The van der Waals surface area contributed by atoms with Gasteiger partial charge in [0, 0.05) is 31.2 Å². The van der Waals surface area contributed by atoms with E-state index in [1.807, 2.05) is 23.1 Å². The van der Waals surface area contributed by atoms with Crippen LogP contribution in [0.2, 0.25) is 0 Å². The number of rotatable bonds is 7. The summed E-state index contributed by atoms with van der Waals surface area (Å²) in [7, 11) is 1.61. The molecule has 1 aliphatic heterocycles. The van der Waals surface area contributed by atoms with E-state index >= 15 is 0 Å². The van der Waals surface area contributed by atoms with Crippen LogP contribution in [0.25, 0.3) is 0 Å². The van der Waals surface area contributed by atoms with Gasteiger partial charge in [-0.3, -0.25) is 9.69 Å². The van der Waals surface area contributed by atoms with Gasteiger partial charge in [0.15, 0.2) is 0 Å². The van der Waals surface area contributed by atoms with Crippen molar-refractivity contribution >= 4 is 23.3 Å². The number of anilines is 2. The lowest BCUT2D eigenvalue weighted by Crippen LogP contribution is -2.49. The normalized spacial score (nSPS) is 17.0. The largest absolute Gasteiger partial charge is 0.495 e. The van der Waals surface area contributed by atoms with Gasteiger partial charge in [-0.1, -0.05) is 51.0 Å². The van der Waals surface area contributed by atoms with E-state index in [0.717, 1.165) is 44.2 Å². The lowest BCUT2D eigenvalue weighted by Gasteiger charge is -2.36. The van der Waals surface area contributed by atoms with E-state index < -0.39 is 0 Å². The van der Waals surface area contributed by atoms with Crippen LogP contribution in [0.15, 0.2) is 42.5 Å². The molecule has 2 aromatic rings. The minimum Gasteiger partial charge on any atom is -0.495 e. The van der Waals surface area contributed by atoms with Crippen molar-refractivity contribution < 1.29 is 14.3 Å². The zero-order valence-corrected chi connectivity index (χ0v) is 20.0. The van der Waals surface area contributed by atoms with Crippen molar-refractivity contribution in [1.29, 1.82) is 0 Å². The first kappa shape index (κ1) is 23.1. The first-order valence-electron chi connectivity index (χ1n) is 12.1. The molecule has 0 bridgehead atoms. The zero-order valence-electron chi connectivity index (χ0n) is 20.0. The molecule has 1 saturated heterocycles. The van der Waals surface area contributed by atoms with Gasteiger partial charge in [0.2, 0.25) is 5.91 Å². The van der Waals surface area contributed by atoms with E-state index in [0.29, 0.717) is 36.1 Å². The van der Waals surface area contributed by atoms with E-state index in [1.165, 1.54) is 5.56 Å². The first-order chi connectivity index (χ1) is 16.0. The quantitative estimate of drug-likeness (QED) is 0.583. The number of amides is 3. The average Bonchev–Trinajstić information content (AvgIpc) is 3.36. The number of nitrogens with one attached hydrogen (secondary N) is 1. The summed E-state index contributed by atoms with van der Waals surface area (Å²) in [5, 5.41) is 3.05. The Balaban J connectivity index is 1.50. The van der Waals surface area contributed by atoms with E-state index in [4.69, 9.17) is 4.74 Å². The highest BCUT2D eigenvalue weighted by atomic mass is 16.5. The van der Waals surface area contributed by atoms with Crippen LogP contribution in [0.4, 0.5) is 16.2 Å². The number of carbonyl (C=O) groups is 2. The molecular formula is C27H35N3O3. The molecule has 0 aromatic heterocycles. The fourth-order valence-electron chi connectivity index (χ4n) is 4.79. The lowest BCUT2D eigenvalue weighted by atomic mass is 10.0. The molecule has 33 heavy (non-hydrogen) atoms. The molecule has 6 heteroatoms. The highest BCUT2D eigenvalue weighted by Crippen LogP contribution is 2.34. The van der Waals surface area contributed by atoms with Crippen molar-refractivity contribution in [2.75, 3.05) is 30.4 Å². The van der Waals surface area contributed by atoms with Gasteiger partial charge in [0.1, 0.15) is 5.75 Å². The third kappa shape index (κ3) is 5.32. The summed E-state index contributed by atoms with van der Waals surface area (Å²) in [5.41, 5.74) is 3.83. The van der Waals surface area contributed by atoms with Crippen molar-refractivity contribution in [2.24, 2.45) is 5.92 Å². The molecular weight excluding hydrogens is 414 g/mol. The maximum atomic E-state index is 13.4. The Morgan fingerprint density at radius 1 is 1.06 bits per heavy atom. The van der Waals surface area contributed by atoms with E-state index in [9.17, 15) is 9.59 Å². The Labute approximate surface area is 196 Å². The molecule has 0 radical (unpaired) electrons. The predicted octanol–water partition coefficient (Wildman–Crippen LogP) is 5.78. The molecule has 6 nitrogen and oxygen atoms in total. The number of ether oxygens (including phenoxy) is 1. The molecule has 1 N–H and O–H groups in total. The van der Waals surface area contributed by atoms with Crippen LogP contribution in [0.5, 0.6) is 5.75 Å². The predicted molar refractivity (Wildman–Crippen MR) is 132 cm³/mol. The molecule has 1 heterocycles. The SMILES string of the molecule is COc1ccc(NC(=O)C2CCCC2)cc1N1CCCN(Cc2ccc(C(C)C)cc2)C1=O. The van der Waals surface area contributed by atoms with Gasteiger partial charge in [-0.25, -0.2) is 4.79 Å². The fraction of sp³-hybridized carbons (Fsp3) is 0.481. The third-order valence-corrected chi connectivity index (χ3v) is 6.79. The van der Waals surface area contributed by atoms with E-state index in [-0.39, 0.29) is 17.9 Å². The summed E-state index contributed by atoms with van der Waals surface area (Å²) in [5.74, 6) is 1.27. The molecule has 2 fully saturated rings. The number of nitrogens with zero attached hydrogens (tertiary/aromatic N) is 2. The van der Waals surface area contributed by atoms with E-state index in [1.54, 1.807) is 12.0 Å². The smallest absolute Gasteiger partial charge is 0.324 e. The van der Waals surface area contributed by atoms with Crippen molar-refractivity contribution in [2.45, 2.75) is 58.4 Å². The zero-order chi connectivity index (χ0) is 23.4. The molecule has 2 aliphatic rings. The summed E-state index contributed by atoms with van der Waals surface area (Å²) >= 11 is 0. The Bertz CT molecular complexity index is 981. The van der Waals surface area contributed by atoms with Gasteiger partial charge in [0.25, 0.3) is 0 Å². The Morgan fingerprint density at radius 2 is 1.79 bits per heavy atom. The monoisotopic (exact) mass is 449 g/mol. The summed E-state index contributed by atoms with van der Waals surface area (Å²) in [4.78, 5) is 29.7. The molecule has 1 saturated carbocycles. The van der Waals surface area contributed by atoms with Crippen LogP contribution in [0.1, 0.15) is 63.0 Å². The second-order valence-electron chi connectivity index (χ2n) is 9.46. The Kier molecular flexibility index (Phi) is 7.21. The maximum Gasteiger partial charge on any atom is 0.324 e. The molecule has 0 unspecified atom stereocenters. The van der Waals surface area contributed by atoms with Crippen molar-refractivity contribution in [1.82, 2.24) is 4.90 Å². The summed E-state index contributed by atoms with van der Waals surface area (Å²) in [6.07, 6.45) is 5.01. The highest BCUT2D eigenvalue weighted by Gasteiger charge is 2.29. The number of hydrogen-bond acceptors (Lipinski definition) is 3. The van der Waals surface area contributed by atoms with Crippen LogP contribution < -0.4 is 15.0 Å². The second kappa shape index (κ2) is 10.3. The molecule has 1 aliphatic carbocycles. The van der Waals surface area contributed by atoms with Gasteiger partial charge in [-0.2, -0.15) is 0 Å². The highest BCUT2D eigenvalue weighted by molar-refractivity contribution is 5.97. The molecule has 0 spiro atoms. The standard InChI is InChI=1S/C27H35N3O3/c1-19(2)21-11-9-20(10-12-21)18-29-15-6-16-30(27(29)32)24-17-23(13-14-25(24)33-3)28-26(31)22-7-4-5-8-22/h9-14,17,19,22H,4-8,15-16,18H2,1-3H3,(H,28,31). The summed E-state index contributed by atoms with van der Waals surface area (Å²) < 4.78 is 5.57. The molecule has 3 amide bonds. The van der Waals surface area contributed by atoms with Gasteiger partial charge >= 0.3 is 6.03 Å². The van der Waals surface area contributed by atoms with Crippen LogP contribution in [0, 0.1) is 5.92 Å². The van der Waals surface area contributed by atoms with Gasteiger partial charge in [-0.05, 0) is 54.5 Å². The minimum atomic E-state index is -0.0354. The molecule has 4 rings (SSSR count). The second-order valence-corrected chi connectivity index (χ2v) is 9.46. The van der Waals surface area contributed by atoms with Gasteiger partial charge in [-0.15, -0.1) is 0 Å². The summed E-state index contributed by atoms with van der Waals surface area (Å²) in [6.45, 7) is 6.28. The number of hydrogen-bond donors (Lipinski definition) is 1. The van der Waals surface area contributed by atoms with Gasteiger partial charge in [0.05, 0.1) is 12.8 Å². The van der Waals surface area contributed by atoms with Crippen LogP contribution in [-0.4, -0.2) is 37.0 Å². The van der Waals surface area contributed by atoms with Crippen LogP contribution in [0.3, 0.4) is 0 Å². The topological polar surface area (TPSA) is 61.9 Å². The Morgan fingerprint density at radius 3 is 2.45 bits per heavy atom. The van der Waals surface area contributed by atoms with Crippen LogP contribution >= 0.6 is 0 Å². The van der Waals surface area contributed by atoms with Crippen LogP contribution in [-0.2, 0) is 11.3 Å². The number of benzene rings is 2. The number of methoxy groups -OCH3 is 1. The summed E-state index contributed by atoms with van der Waals surface area (Å²) in [6, 6.07) is 14.0. The molecule has 176 valence electrons. The van der Waals surface area contributed by atoms with Crippen molar-refractivity contribution in [3.8, 4) is 5.75 Å². The van der Waals surface area contributed by atoms with Crippen molar-refractivity contribution in [3.63, 3.8) is 0 Å². The minimum absolute atomic E-state index is 0.0354. The lowest BCUT2D eigenvalue weighted by molar-refractivity contribution is -0.119. The maximum absolute atomic E-state index is 13.4. The third-order valence-electron chi connectivity index (χ3n) is 6.79. The van der Waals surface area contributed by atoms with E-state index in [2.05, 4.69) is 43.4 Å². The molecule has 2 aromatic carbocycles. The number of urea groups is 1.